The van der Waals surface area contributed by atoms with Crippen LogP contribution in [-0.2, 0) is 19.1 Å². The summed E-state index contributed by atoms with van der Waals surface area (Å²) in [4.78, 5) is 54.2. The van der Waals surface area contributed by atoms with Crippen LogP contribution in [0.15, 0.2) is 57.4 Å². The molecule has 2 aromatic carbocycles. The number of oxime groups is 1. The van der Waals surface area contributed by atoms with E-state index >= 15 is 0 Å². The summed E-state index contributed by atoms with van der Waals surface area (Å²) in [6, 6.07) is 11.2. The van der Waals surface area contributed by atoms with Crippen LogP contribution < -0.4 is 0 Å². The van der Waals surface area contributed by atoms with Crippen LogP contribution in [0.4, 0.5) is 0 Å². The van der Waals surface area contributed by atoms with Crippen molar-refractivity contribution < 1.29 is 38.6 Å². The molecule has 0 radical (unpaired) electrons. The van der Waals surface area contributed by atoms with Crippen LogP contribution in [0.3, 0.4) is 0 Å². The van der Waals surface area contributed by atoms with Crippen LogP contribution in [0.2, 0.25) is 0 Å². The van der Waals surface area contributed by atoms with Crippen molar-refractivity contribution in [3.63, 3.8) is 0 Å². The molecule has 0 aliphatic carbocycles. The van der Waals surface area contributed by atoms with Crippen LogP contribution in [-0.4, -0.2) is 54.8 Å². The molecule has 33 heavy (non-hydrogen) atoms. The molecule has 0 bridgehead atoms. The highest BCUT2D eigenvalue weighted by Gasteiger charge is 2.21. The molecule has 2 aromatic rings. The summed E-state index contributed by atoms with van der Waals surface area (Å²) >= 11 is 1.30. The Morgan fingerprint density at radius 3 is 2.24 bits per heavy atom. The third kappa shape index (κ3) is 7.26. The minimum atomic E-state index is -0.707. The molecule has 2 rings (SSSR count). The molecule has 0 aliphatic rings. The predicted octanol–water partition coefficient (Wildman–Crippen LogP) is 3.29. The number of ketones is 1. The quantitative estimate of drug-likeness (QED) is 0.182. The third-order valence-electron chi connectivity index (χ3n) is 4.19. The van der Waals surface area contributed by atoms with Gasteiger partial charge in [-0.15, -0.1) is 0 Å². The van der Waals surface area contributed by atoms with Crippen LogP contribution in [0, 0.1) is 0 Å². The van der Waals surface area contributed by atoms with Gasteiger partial charge in [-0.05, 0) is 49.4 Å². The maximum absolute atomic E-state index is 12.7. The molecule has 9 nitrogen and oxygen atoms in total. The minimum absolute atomic E-state index is 0.0352. The Labute approximate surface area is 194 Å². The van der Waals surface area contributed by atoms with Gasteiger partial charge in [0.1, 0.15) is 12.3 Å². The van der Waals surface area contributed by atoms with E-state index in [0.29, 0.717) is 10.5 Å². The van der Waals surface area contributed by atoms with Crippen molar-refractivity contribution in [3.8, 4) is 0 Å². The summed E-state index contributed by atoms with van der Waals surface area (Å²) in [5.74, 6) is -2.42. The molecule has 0 saturated carbocycles. The van der Waals surface area contributed by atoms with Gasteiger partial charge in [0.2, 0.25) is 5.78 Å². The first-order valence-corrected chi connectivity index (χ1v) is 10.7. The molecule has 0 saturated heterocycles. The molecule has 0 aromatic heterocycles. The first-order chi connectivity index (χ1) is 15.8. The van der Waals surface area contributed by atoms with Crippen LogP contribution >= 0.6 is 11.8 Å². The average Bonchev–Trinajstić information content (AvgIpc) is 2.84. The zero-order chi connectivity index (χ0) is 24.4. The number of aliphatic hydroxyl groups excluding tert-OH is 1. The standard InChI is InChI=1S/C23H23NO8S/c1-4-20(26)32-24-14(2)21(27)18-10-9-17(13-19(18)23(29)30-3)33-16-7-5-15(6-8-16)22(28)31-12-11-25/h5-10,13,25H,4,11-12H2,1-3H3/b24-14+. The first-order valence-electron chi connectivity index (χ1n) is 9.88. The number of aliphatic hydroxyl groups is 1. The Balaban J connectivity index is 2.25. The van der Waals surface area contributed by atoms with Crippen molar-refractivity contribution in [2.45, 2.75) is 30.1 Å². The van der Waals surface area contributed by atoms with Gasteiger partial charge in [-0.3, -0.25) is 4.79 Å². The molecule has 0 aliphatic heterocycles. The first kappa shape index (κ1) is 25.8. The van der Waals surface area contributed by atoms with Gasteiger partial charge in [0.15, 0.2) is 0 Å². The fourth-order valence-corrected chi connectivity index (χ4v) is 3.36. The van der Waals surface area contributed by atoms with E-state index in [-0.39, 0.29) is 36.5 Å². The summed E-state index contributed by atoms with van der Waals surface area (Å²) in [7, 11) is 1.20. The molecule has 0 heterocycles. The van der Waals surface area contributed by atoms with E-state index in [9.17, 15) is 19.2 Å². The van der Waals surface area contributed by atoms with E-state index in [1.54, 1.807) is 37.3 Å². The van der Waals surface area contributed by atoms with Crippen molar-refractivity contribution in [3.05, 3.63) is 59.2 Å². The molecule has 0 spiro atoms. The number of carbonyl (C=O) groups is 4. The second-order valence-electron chi connectivity index (χ2n) is 6.51. The Kier molecular flexibility index (Phi) is 9.77. The van der Waals surface area contributed by atoms with E-state index in [0.717, 1.165) is 4.90 Å². The summed E-state index contributed by atoms with van der Waals surface area (Å²) < 4.78 is 9.67. The zero-order valence-electron chi connectivity index (χ0n) is 18.3. The van der Waals surface area contributed by atoms with Gasteiger partial charge < -0.3 is 19.4 Å². The summed E-state index contributed by atoms with van der Waals surface area (Å²) in [6.07, 6.45) is 0.106. The number of hydrogen-bond acceptors (Lipinski definition) is 10. The van der Waals surface area contributed by atoms with Crippen molar-refractivity contribution in [1.82, 2.24) is 0 Å². The van der Waals surface area contributed by atoms with Crippen molar-refractivity contribution in [2.24, 2.45) is 5.16 Å². The van der Waals surface area contributed by atoms with Gasteiger partial charge >= 0.3 is 17.9 Å². The number of rotatable bonds is 10. The second-order valence-corrected chi connectivity index (χ2v) is 7.65. The molecule has 0 amide bonds. The van der Waals surface area contributed by atoms with E-state index in [1.165, 1.54) is 37.9 Å². The number of benzene rings is 2. The normalized spacial score (nSPS) is 11.0. The zero-order valence-corrected chi connectivity index (χ0v) is 19.1. The molecule has 174 valence electrons. The fourth-order valence-electron chi connectivity index (χ4n) is 2.50. The van der Waals surface area contributed by atoms with Gasteiger partial charge in [-0.1, -0.05) is 23.8 Å². The highest BCUT2D eigenvalue weighted by molar-refractivity contribution is 7.99. The molecular weight excluding hydrogens is 450 g/mol. The number of nitrogens with zero attached hydrogens (tertiary/aromatic N) is 1. The Bertz CT molecular complexity index is 1060. The van der Waals surface area contributed by atoms with Crippen molar-refractivity contribution in [1.29, 1.82) is 0 Å². The lowest BCUT2D eigenvalue weighted by atomic mass is 10.0. The maximum Gasteiger partial charge on any atom is 0.338 e. The molecular formula is C23H23NO8S. The van der Waals surface area contributed by atoms with E-state index in [4.69, 9.17) is 14.6 Å². The number of ether oxygens (including phenoxy) is 2. The molecule has 10 heteroatoms. The van der Waals surface area contributed by atoms with Gasteiger partial charge in [0.25, 0.3) is 0 Å². The number of esters is 2. The van der Waals surface area contributed by atoms with Crippen molar-refractivity contribution >= 4 is 41.2 Å². The minimum Gasteiger partial charge on any atom is -0.465 e. The molecule has 0 unspecified atom stereocenters. The van der Waals surface area contributed by atoms with E-state index in [1.807, 2.05) is 0 Å². The summed E-state index contributed by atoms with van der Waals surface area (Å²) in [5, 5.41) is 12.3. The highest BCUT2D eigenvalue weighted by Crippen LogP contribution is 2.30. The van der Waals surface area contributed by atoms with E-state index in [2.05, 4.69) is 9.99 Å². The number of methoxy groups -OCH3 is 1. The number of hydrogen-bond donors (Lipinski definition) is 1. The lowest BCUT2D eigenvalue weighted by Gasteiger charge is -2.10. The summed E-state index contributed by atoms with van der Waals surface area (Å²) in [6.45, 7) is 2.64. The predicted molar refractivity (Wildman–Crippen MR) is 120 cm³/mol. The molecule has 0 atom stereocenters. The Hall–Kier alpha value is -3.50. The molecule has 1 N–H and O–H groups in total. The van der Waals surface area contributed by atoms with Gasteiger partial charge in [-0.2, -0.15) is 0 Å². The van der Waals surface area contributed by atoms with Gasteiger partial charge in [-0.25, -0.2) is 14.4 Å². The Morgan fingerprint density at radius 1 is 0.970 bits per heavy atom. The SMILES string of the molecule is CCC(=O)O/N=C(\C)C(=O)c1ccc(Sc2ccc(C(=O)OCCO)cc2)cc1C(=O)OC. The van der Waals surface area contributed by atoms with Gasteiger partial charge in [0.05, 0.1) is 24.8 Å². The average molecular weight is 474 g/mol. The number of carbonyl (C=O) groups excluding carboxylic acids is 4. The topological polar surface area (TPSA) is 129 Å². The summed E-state index contributed by atoms with van der Waals surface area (Å²) in [5.41, 5.74) is 0.337. The molecule has 0 fully saturated rings. The van der Waals surface area contributed by atoms with Crippen LogP contribution in [0.5, 0.6) is 0 Å². The highest BCUT2D eigenvalue weighted by atomic mass is 32.2. The van der Waals surface area contributed by atoms with Crippen LogP contribution in [0.1, 0.15) is 51.3 Å². The lowest BCUT2D eigenvalue weighted by molar-refractivity contribution is -0.143. The fraction of sp³-hybridized carbons (Fsp3) is 0.261. The third-order valence-corrected chi connectivity index (χ3v) is 5.19. The monoisotopic (exact) mass is 473 g/mol. The van der Waals surface area contributed by atoms with Gasteiger partial charge in [0, 0.05) is 21.8 Å². The smallest absolute Gasteiger partial charge is 0.338 e. The number of Topliss-reactive ketones (excluding diaryl/α,β-unsaturated/α-hetero) is 1. The van der Waals surface area contributed by atoms with Crippen molar-refractivity contribution in [2.75, 3.05) is 20.3 Å². The van der Waals surface area contributed by atoms with E-state index < -0.39 is 23.7 Å². The largest absolute Gasteiger partial charge is 0.465 e. The maximum atomic E-state index is 12.7. The second kappa shape index (κ2) is 12.5. The Morgan fingerprint density at radius 2 is 1.64 bits per heavy atom. The van der Waals surface area contributed by atoms with Crippen LogP contribution in [0.25, 0.3) is 0 Å². The lowest BCUT2D eigenvalue weighted by Crippen LogP contribution is -2.17.